The van der Waals surface area contributed by atoms with Crippen molar-refractivity contribution in [3.8, 4) is 0 Å². The molecule has 2 aromatic rings. The summed E-state index contributed by atoms with van der Waals surface area (Å²) in [7, 11) is 4.18. The monoisotopic (exact) mass is 537 g/mol. The van der Waals surface area contributed by atoms with Crippen LogP contribution in [0, 0.1) is 5.92 Å². The first kappa shape index (κ1) is 28.0. The van der Waals surface area contributed by atoms with E-state index in [0.29, 0.717) is 17.8 Å². The van der Waals surface area contributed by atoms with Crippen molar-refractivity contribution in [3.63, 3.8) is 0 Å². The smallest absolute Gasteiger partial charge is 0.354 e. The average molecular weight is 538 g/mol. The summed E-state index contributed by atoms with van der Waals surface area (Å²) >= 11 is 1.75. The van der Waals surface area contributed by atoms with Crippen LogP contribution in [0.2, 0.25) is 0 Å². The molecule has 1 amide bonds. The number of nitrogens with zero attached hydrogens (tertiary/aromatic N) is 4. The highest BCUT2D eigenvalue weighted by Gasteiger charge is 2.38. The molecule has 2 unspecified atom stereocenters. The number of halogens is 3. The van der Waals surface area contributed by atoms with Gasteiger partial charge in [0.15, 0.2) is 5.16 Å². The van der Waals surface area contributed by atoms with Crippen molar-refractivity contribution >= 4 is 17.7 Å². The van der Waals surface area contributed by atoms with Gasteiger partial charge in [-0.2, -0.15) is 13.2 Å². The zero-order valence-electron chi connectivity index (χ0n) is 21.9. The molecular formula is C27H38F3N5OS. The van der Waals surface area contributed by atoms with Crippen molar-refractivity contribution in [2.75, 3.05) is 25.9 Å². The summed E-state index contributed by atoms with van der Waals surface area (Å²) < 4.78 is 40.4. The lowest BCUT2D eigenvalue weighted by Crippen LogP contribution is -2.36. The van der Waals surface area contributed by atoms with E-state index in [2.05, 4.69) is 32.0 Å². The Labute approximate surface area is 221 Å². The van der Waals surface area contributed by atoms with Crippen molar-refractivity contribution < 1.29 is 18.0 Å². The maximum atomic E-state index is 12.8. The molecule has 0 aliphatic heterocycles. The van der Waals surface area contributed by atoms with Gasteiger partial charge in [-0.15, -0.1) is 10.2 Å². The Morgan fingerprint density at radius 2 is 1.84 bits per heavy atom. The number of hydrogen-bond acceptors (Lipinski definition) is 5. The van der Waals surface area contributed by atoms with Crippen molar-refractivity contribution in [2.24, 2.45) is 13.0 Å². The minimum atomic E-state index is -4.27. The van der Waals surface area contributed by atoms with Crippen molar-refractivity contribution in [3.05, 3.63) is 41.2 Å². The molecule has 204 valence electrons. The van der Waals surface area contributed by atoms with E-state index in [9.17, 15) is 18.0 Å². The van der Waals surface area contributed by atoms with Crippen molar-refractivity contribution in [1.29, 1.82) is 0 Å². The Morgan fingerprint density at radius 3 is 2.49 bits per heavy atom. The molecule has 0 bridgehead atoms. The van der Waals surface area contributed by atoms with Gasteiger partial charge in [-0.1, -0.05) is 23.9 Å². The van der Waals surface area contributed by atoms with E-state index in [-0.39, 0.29) is 11.9 Å². The fraction of sp³-hybridized carbons (Fsp3) is 0.667. The topological polar surface area (TPSA) is 63.1 Å². The number of thioether (sulfide) groups is 1. The molecule has 2 fully saturated rings. The van der Waals surface area contributed by atoms with Gasteiger partial charge in [0, 0.05) is 31.7 Å². The number of carbonyl (C=O) groups excluding carboxylic acids is 1. The van der Waals surface area contributed by atoms with E-state index in [1.54, 1.807) is 30.8 Å². The van der Waals surface area contributed by atoms with Crippen LogP contribution in [0.25, 0.3) is 0 Å². The molecule has 0 radical (unpaired) electrons. The fourth-order valence-corrected chi connectivity index (χ4v) is 6.32. The molecule has 2 saturated carbocycles. The van der Waals surface area contributed by atoms with E-state index < -0.39 is 11.7 Å². The van der Waals surface area contributed by atoms with Gasteiger partial charge in [-0.3, -0.25) is 4.79 Å². The van der Waals surface area contributed by atoms with E-state index in [1.807, 2.05) is 7.05 Å². The summed E-state index contributed by atoms with van der Waals surface area (Å²) in [5.74, 6) is 3.44. The molecule has 1 N–H and O–H groups in total. The third-order valence-corrected chi connectivity index (χ3v) is 8.86. The second-order valence-corrected chi connectivity index (χ2v) is 11.7. The van der Waals surface area contributed by atoms with Gasteiger partial charge in [0.2, 0.25) is 5.91 Å². The Bertz CT molecular complexity index is 1030. The summed E-state index contributed by atoms with van der Waals surface area (Å²) in [4.78, 5) is 13.6. The molecule has 1 heterocycles. The van der Waals surface area contributed by atoms with Gasteiger partial charge < -0.3 is 14.8 Å². The van der Waals surface area contributed by atoms with Crippen LogP contribution in [-0.4, -0.2) is 57.5 Å². The summed E-state index contributed by atoms with van der Waals surface area (Å²) in [6.07, 6.45) is 2.94. The number of nitrogens with one attached hydrogen (secondary N) is 1. The second-order valence-electron chi connectivity index (χ2n) is 10.7. The maximum absolute atomic E-state index is 12.8. The van der Waals surface area contributed by atoms with Crippen LogP contribution in [0.1, 0.15) is 80.7 Å². The van der Waals surface area contributed by atoms with Crippen LogP contribution >= 0.6 is 11.8 Å². The average Bonchev–Trinajstić information content (AvgIpc) is 3.55. The van der Waals surface area contributed by atoms with E-state index in [4.69, 9.17) is 0 Å². The molecule has 0 saturated heterocycles. The Morgan fingerprint density at radius 1 is 1.14 bits per heavy atom. The molecule has 1 aromatic heterocycles. The Kier molecular flexibility index (Phi) is 9.21. The third-order valence-electron chi connectivity index (χ3n) is 7.75. The normalized spacial score (nSPS) is 23.9. The van der Waals surface area contributed by atoms with Gasteiger partial charge in [-0.25, -0.2) is 0 Å². The van der Waals surface area contributed by atoms with E-state index in [1.165, 1.54) is 12.1 Å². The maximum Gasteiger partial charge on any atom is 0.416 e. The number of amides is 1. The first-order valence-corrected chi connectivity index (χ1v) is 14.2. The van der Waals surface area contributed by atoms with Crippen LogP contribution in [0.3, 0.4) is 0 Å². The van der Waals surface area contributed by atoms with Gasteiger partial charge in [0.05, 0.1) is 5.56 Å². The molecule has 1 aromatic carbocycles. The Balaban J connectivity index is 1.11. The third kappa shape index (κ3) is 7.72. The first-order valence-electron chi connectivity index (χ1n) is 13.3. The molecule has 2 aliphatic carbocycles. The SMILES string of the molecule is CC(=O)NC1CCC(c2nnc(SCCCN(C)CCC3CC3c3ccc(C(F)(F)F)cc3)n2C)CC1. The highest BCUT2D eigenvalue weighted by Crippen LogP contribution is 2.49. The molecule has 2 aliphatic rings. The lowest BCUT2D eigenvalue weighted by atomic mass is 9.85. The molecule has 2 atom stereocenters. The fourth-order valence-electron chi connectivity index (χ4n) is 5.48. The van der Waals surface area contributed by atoms with Gasteiger partial charge >= 0.3 is 6.18 Å². The first-order chi connectivity index (χ1) is 17.6. The highest BCUT2D eigenvalue weighted by molar-refractivity contribution is 7.99. The van der Waals surface area contributed by atoms with Gasteiger partial charge in [0.25, 0.3) is 0 Å². The minimum Gasteiger partial charge on any atom is -0.354 e. The zero-order chi connectivity index (χ0) is 26.6. The van der Waals surface area contributed by atoms with Crippen LogP contribution in [0.5, 0.6) is 0 Å². The van der Waals surface area contributed by atoms with Crippen molar-refractivity contribution in [1.82, 2.24) is 25.0 Å². The number of carbonyl (C=O) groups is 1. The molecule has 10 heteroatoms. The van der Waals surface area contributed by atoms with E-state index >= 15 is 0 Å². The number of hydrogen-bond donors (Lipinski definition) is 1. The molecule has 37 heavy (non-hydrogen) atoms. The summed E-state index contributed by atoms with van der Waals surface area (Å²) in [6, 6.07) is 5.97. The molecular weight excluding hydrogens is 499 g/mol. The Hall–Kier alpha value is -2.07. The quantitative estimate of drug-likeness (QED) is 0.299. The summed E-state index contributed by atoms with van der Waals surface area (Å²) in [6.45, 7) is 3.58. The minimum absolute atomic E-state index is 0.0429. The second kappa shape index (κ2) is 12.2. The number of alkyl halides is 3. The zero-order valence-corrected chi connectivity index (χ0v) is 22.7. The standard InChI is InChI=1S/C27H38F3N5OS/c1-18(36)31-23-11-7-20(8-12-23)25-32-33-26(35(25)3)37-16-4-14-34(2)15-13-21-17-24(21)19-5-9-22(10-6-19)27(28,29)30/h5-6,9-10,20-21,23-24H,4,7-8,11-17H2,1-3H3,(H,31,36). The number of aromatic nitrogens is 3. The van der Waals surface area contributed by atoms with Crippen LogP contribution in [0.15, 0.2) is 29.4 Å². The van der Waals surface area contributed by atoms with Gasteiger partial charge in [0.1, 0.15) is 5.82 Å². The van der Waals surface area contributed by atoms with Crippen LogP contribution < -0.4 is 5.32 Å². The molecule has 6 nitrogen and oxygen atoms in total. The predicted octanol–water partition coefficient (Wildman–Crippen LogP) is 5.60. The van der Waals surface area contributed by atoms with Crippen molar-refractivity contribution in [2.45, 2.75) is 81.1 Å². The summed E-state index contributed by atoms with van der Waals surface area (Å²) in [5.41, 5.74) is 0.454. The number of benzene rings is 1. The predicted molar refractivity (Wildman–Crippen MR) is 140 cm³/mol. The lowest BCUT2D eigenvalue weighted by Gasteiger charge is -2.28. The van der Waals surface area contributed by atoms with Gasteiger partial charge in [-0.05, 0) is 94.6 Å². The van der Waals surface area contributed by atoms with Crippen LogP contribution in [-0.2, 0) is 18.0 Å². The molecule has 4 rings (SSSR count). The molecule has 0 spiro atoms. The largest absolute Gasteiger partial charge is 0.416 e. The van der Waals surface area contributed by atoms with E-state index in [0.717, 1.165) is 80.3 Å². The summed E-state index contributed by atoms with van der Waals surface area (Å²) in [5, 5.41) is 12.9. The lowest BCUT2D eigenvalue weighted by molar-refractivity contribution is -0.137. The highest BCUT2D eigenvalue weighted by atomic mass is 32.2. The number of rotatable bonds is 11. The van der Waals surface area contributed by atoms with Crippen LogP contribution in [0.4, 0.5) is 13.2 Å².